The summed E-state index contributed by atoms with van der Waals surface area (Å²) in [6, 6.07) is 10.8. The van der Waals surface area contributed by atoms with Crippen molar-refractivity contribution >= 4 is 28.5 Å². The van der Waals surface area contributed by atoms with Crippen molar-refractivity contribution in [2.75, 3.05) is 13.1 Å². The summed E-state index contributed by atoms with van der Waals surface area (Å²) in [4.78, 5) is 40.4. The standard InChI is InChI=1S/C37H43NO7/c1-21-13-26(17-32(40)41)29-15-22(2)14-27(30(29)16-21)18-33(42)45-31-8-5-23(3)34(35(31)43)36-11-12-38(20-25-6-7-25)24(4)37(36,44)10-9-28(39)19-36/h5,8,13-16,24-25,43-44H,6-7,9-12,17-20H2,1-4H3,(H,40,41)/t24?,36-,37?/m1/s1. The molecule has 8 nitrogen and oxygen atoms in total. The summed E-state index contributed by atoms with van der Waals surface area (Å²) in [7, 11) is 0. The van der Waals surface area contributed by atoms with E-state index in [-0.39, 0.29) is 42.6 Å². The van der Waals surface area contributed by atoms with Crippen molar-refractivity contribution < 1.29 is 34.4 Å². The highest BCUT2D eigenvalue weighted by Crippen LogP contribution is 2.57. The largest absolute Gasteiger partial charge is 0.504 e. The lowest BCUT2D eigenvalue weighted by molar-refractivity contribution is -0.165. The first-order valence-corrected chi connectivity index (χ1v) is 16.1. The van der Waals surface area contributed by atoms with Crippen LogP contribution in [-0.4, -0.2) is 62.7 Å². The van der Waals surface area contributed by atoms with Crippen LogP contribution in [0, 0.1) is 26.7 Å². The first-order chi connectivity index (χ1) is 21.3. The van der Waals surface area contributed by atoms with Crippen molar-refractivity contribution in [3.05, 3.63) is 69.8 Å². The molecule has 238 valence electrons. The smallest absolute Gasteiger partial charge is 0.315 e. The predicted molar refractivity (Wildman–Crippen MR) is 171 cm³/mol. The number of benzene rings is 3. The van der Waals surface area contributed by atoms with Gasteiger partial charge in [-0.2, -0.15) is 0 Å². The Bertz CT molecular complexity index is 1710. The molecule has 2 unspecified atom stereocenters. The number of phenols is 1. The Morgan fingerprint density at radius 3 is 2.24 bits per heavy atom. The number of ether oxygens (including phenoxy) is 1. The highest BCUT2D eigenvalue weighted by molar-refractivity contribution is 5.94. The number of aliphatic carboxylic acids is 1. The number of hydrogen-bond acceptors (Lipinski definition) is 7. The van der Waals surface area contributed by atoms with Crippen LogP contribution in [-0.2, 0) is 32.6 Å². The second-order valence-corrected chi connectivity index (χ2v) is 13.9. The number of likely N-dealkylation sites (tertiary alicyclic amines) is 1. The summed E-state index contributed by atoms with van der Waals surface area (Å²) in [5.41, 5.74) is 2.19. The number of aliphatic hydroxyl groups is 1. The van der Waals surface area contributed by atoms with E-state index in [9.17, 15) is 29.7 Å². The molecule has 0 spiro atoms. The number of Topliss-reactive ketones (excluding diaryl/α,β-unsaturated/α-hetero) is 1. The van der Waals surface area contributed by atoms with Crippen LogP contribution >= 0.6 is 0 Å². The Hall–Kier alpha value is -3.75. The van der Waals surface area contributed by atoms with Gasteiger partial charge in [0.1, 0.15) is 5.78 Å². The number of carbonyl (C=O) groups is 3. The molecule has 3 aromatic rings. The molecule has 8 heteroatoms. The van der Waals surface area contributed by atoms with E-state index in [2.05, 4.69) is 4.90 Å². The number of aryl methyl sites for hydroxylation is 3. The number of phenolic OH excluding ortho intramolecular Hbond substituents is 1. The summed E-state index contributed by atoms with van der Waals surface area (Å²) >= 11 is 0. The molecule has 0 bridgehead atoms. The minimum absolute atomic E-state index is 0.00289. The Labute approximate surface area is 264 Å². The van der Waals surface area contributed by atoms with Gasteiger partial charge in [-0.25, -0.2) is 0 Å². The maximum absolute atomic E-state index is 13.5. The lowest BCUT2D eigenvalue weighted by Crippen LogP contribution is -2.70. The van der Waals surface area contributed by atoms with Crippen LogP contribution in [0.1, 0.15) is 78.8 Å². The summed E-state index contributed by atoms with van der Waals surface area (Å²) in [5, 5.41) is 35.3. The lowest BCUT2D eigenvalue weighted by Gasteiger charge is -2.60. The number of carboxylic acid groups (broad SMARTS) is 1. The van der Waals surface area contributed by atoms with Gasteiger partial charge in [0.15, 0.2) is 11.5 Å². The van der Waals surface area contributed by atoms with Crippen molar-refractivity contribution in [3.63, 3.8) is 0 Å². The second-order valence-electron chi connectivity index (χ2n) is 13.9. The van der Waals surface area contributed by atoms with Crippen molar-refractivity contribution in [3.8, 4) is 11.5 Å². The minimum atomic E-state index is -1.23. The second kappa shape index (κ2) is 11.6. The molecule has 2 saturated carbocycles. The molecule has 1 heterocycles. The Kier molecular flexibility index (Phi) is 8.02. The fraction of sp³-hybridized carbons (Fsp3) is 0.486. The third kappa shape index (κ3) is 5.63. The minimum Gasteiger partial charge on any atom is -0.504 e. The van der Waals surface area contributed by atoms with Crippen LogP contribution in [0.4, 0.5) is 0 Å². The summed E-state index contributed by atoms with van der Waals surface area (Å²) < 4.78 is 5.83. The van der Waals surface area contributed by atoms with Gasteiger partial charge >= 0.3 is 11.9 Å². The zero-order chi connectivity index (χ0) is 32.3. The van der Waals surface area contributed by atoms with Crippen LogP contribution in [0.25, 0.3) is 10.8 Å². The SMILES string of the molecule is Cc1cc(CC(=O)Oc2ccc(C)c([C@]34CCN(CC5CC5)C(C)C3(O)CCC(=O)C4)c2O)c2cc(C)cc(CC(=O)O)c2c1. The summed E-state index contributed by atoms with van der Waals surface area (Å²) in [5.74, 6) is -0.981. The highest BCUT2D eigenvalue weighted by Gasteiger charge is 2.62. The van der Waals surface area contributed by atoms with Gasteiger partial charge in [-0.15, -0.1) is 0 Å². The number of fused-ring (bicyclic) bond motifs is 2. The topological polar surface area (TPSA) is 124 Å². The number of rotatable bonds is 8. The number of aromatic hydroxyl groups is 1. The zero-order valence-corrected chi connectivity index (χ0v) is 26.6. The number of nitrogens with zero attached hydrogens (tertiary/aromatic N) is 1. The van der Waals surface area contributed by atoms with Gasteiger partial charge < -0.3 is 20.1 Å². The quantitative estimate of drug-likeness (QED) is 0.226. The fourth-order valence-electron chi connectivity index (χ4n) is 8.26. The van der Waals surface area contributed by atoms with Crippen LogP contribution in [0.3, 0.4) is 0 Å². The summed E-state index contributed by atoms with van der Waals surface area (Å²) in [6.07, 6.45) is 3.47. The van der Waals surface area contributed by atoms with Gasteiger partial charge in [0, 0.05) is 36.4 Å². The monoisotopic (exact) mass is 613 g/mol. The maximum Gasteiger partial charge on any atom is 0.315 e. The van der Waals surface area contributed by atoms with E-state index in [1.807, 2.05) is 52.0 Å². The third-order valence-corrected chi connectivity index (χ3v) is 10.6. The molecule has 0 radical (unpaired) electrons. The van der Waals surface area contributed by atoms with Crippen molar-refractivity contribution in [1.29, 1.82) is 0 Å². The van der Waals surface area contributed by atoms with Crippen molar-refractivity contribution in [2.45, 2.75) is 96.1 Å². The highest BCUT2D eigenvalue weighted by atomic mass is 16.5. The molecule has 45 heavy (non-hydrogen) atoms. The first kappa shape index (κ1) is 31.2. The van der Waals surface area contributed by atoms with E-state index in [0.717, 1.165) is 34.0 Å². The van der Waals surface area contributed by atoms with Crippen LogP contribution < -0.4 is 4.74 Å². The number of carboxylic acids is 1. The Morgan fingerprint density at radius 2 is 1.62 bits per heavy atom. The molecule has 1 saturated heterocycles. The van der Waals surface area contributed by atoms with Gasteiger partial charge in [0.05, 0.1) is 18.4 Å². The number of carbonyl (C=O) groups excluding carboxylic acids is 2. The van der Waals surface area contributed by atoms with E-state index < -0.39 is 23.0 Å². The molecule has 3 aromatic carbocycles. The molecule has 3 N–H and O–H groups in total. The fourth-order valence-corrected chi connectivity index (χ4v) is 8.26. The number of esters is 1. The lowest BCUT2D eigenvalue weighted by atomic mass is 9.53. The normalized spacial score (nSPS) is 25.3. The molecule has 1 aliphatic heterocycles. The average Bonchev–Trinajstić information content (AvgIpc) is 3.78. The van der Waals surface area contributed by atoms with Gasteiger partial charge in [0.25, 0.3) is 0 Å². The van der Waals surface area contributed by atoms with E-state index in [0.29, 0.717) is 48.4 Å². The van der Waals surface area contributed by atoms with Gasteiger partial charge in [0.2, 0.25) is 0 Å². The molecule has 0 amide bonds. The van der Waals surface area contributed by atoms with E-state index in [1.165, 1.54) is 12.8 Å². The average molecular weight is 614 g/mol. The first-order valence-electron chi connectivity index (χ1n) is 16.1. The molecular weight excluding hydrogens is 570 g/mol. The molecule has 0 aromatic heterocycles. The zero-order valence-electron chi connectivity index (χ0n) is 26.6. The summed E-state index contributed by atoms with van der Waals surface area (Å²) in [6.45, 7) is 9.34. The number of hydrogen-bond donors (Lipinski definition) is 3. The molecule has 3 aliphatic rings. The van der Waals surface area contributed by atoms with E-state index >= 15 is 0 Å². The third-order valence-electron chi connectivity index (χ3n) is 10.6. The molecule has 3 atom stereocenters. The molecule has 3 fully saturated rings. The van der Waals surface area contributed by atoms with Gasteiger partial charge in [-0.1, -0.05) is 41.5 Å². The van der Waals surface area contributed by atoms with Crippen LogP contribution in [0.15, 0.2) is 36.4 Å². The van der Waals surface area contributed by atoms with E-state index in [1.54, 1.807) is 12.1 Å². The van der Waals surface area contributed by atoms with Crippen LogP contribution in [0.2, 0.25) is 0 Å². The van der Waals surface area contributed by atoms with E-state index in [4.69, 9.17) is 4.74 Å². The Balaban J connectivity index is 1.34. The maximum atomic E-state index is 13.5. The van der Waals surface area contributed by atoms with Crippen molar-refractivity contribution in [2.24, 2.45) is 5.92 Å². The molecular formula is C37H43NO7. The van der Waals surface area contributed by atoms with Gasteiger partial charge in [-0.3, -0.25) is 19.3 Å². The predicted octanol–water partition coefficient (Wildman–Crippen LogP) is 5.47. The van der Waals surface area contributed by atoms with Crippen LogP contribution in [0.5, 0.6) is 11.5 Å². The molecule has 2 aliphatic carbocycles. The Morgan fingerprint density at radius 1 is 0.978 bits per heavy atom. The number of ketones is 1. The van der Waals surface area contributed by atoms with Crippen molar-refractivity contribution in [1.82, 2.24) is 4.90 Å². The number of piperidine rings is 1. The molecule has 6 rings (SSSR count). The van der Waals surface area contributed by atoms with Gasteiger partial charge in [-0.05, 0) is 99.4 Å².